The summed E-state index contributed by atoms with van der Waals surface area (Å²) in [5.41, 5.74) is 8.22. The summed E-state index contributed by atoms with van der Waals surface area (Å²) in [7, 11) is 0. The van der Waals surface area contributed by atoms with Crippen molar-refractivity contribution in [2.75, 3.05) is 5.73 Å². The number of rotatable bonds is 1. The Morgan fingerprint density at radius 2 is 2.08 bits per heavy atom. The molecule has 13 heavy (non-hydrogen) atoms. The van der Waals surface area contributed by atoms with Gasteiger partial charge in [-0.15, -0.1) is 11.3 Å². The van der Waals surface area contributed by atoms with Gasteiger partial charge in [-0.2, -0.15) is 0 Å². The molecule has 1 rings (SSSR count). The van der Waals surface area contributed by atoms with Crippen molar-refractivity contribution in [3.05, 3.63) is 22.4 Å². The molecule has 1 heterocycles. The van der Waals surface area contributed by atoms with Crippen LogP contribution in [0.3, 0.4) is 0 Å². The van der Waals surface area contributed by atoms with Crippen LogP contribution in [0.5, 0.6) is 0 Å². The summed E-state index contributed by atoms with van der Waals surface area (Å²) >= 11 is 1.71. The maximum absolute atomic E-state index is 5.83. The van der Waals surface area contributed by atoms with Crippen molar-refractivity contribution in [2.45, 2.75) is 27.7 Å². The van der Waals surface area contributed by atoms with E-state index in [1.165, 1.54) is 10.5 Å². The Morgan fingerprint density at radius 1 is 1.46 bits per heavy atom. The van der Waals surface area contributed by atoms with Crippen molar-refractivity contribution >= 4 is 22.6 Å². The topological polar surface area (TPSA) is 26.0 Å². The monoisotopic (exact) mass is 195 g/mol. The number of nitrogen functional groups attached to an aromatic ring is 1. The fourth-order valence-electron chi connectivity index (χ4n) is 1.35. The van der Waals surface area contributed by atoms with Gasteiger partial charge in [0, 0.05) is 5.69 Å². The Bertz CT molecular complexity index is 315. The Hall–Kier alpha value is -0.760. The summed E-state index contributed by atoms with van der Waals surface area (Å²) in [5, 5.41) is 2.03. The predicted octanol–water partition coefficient (Wildman–Crippen LogP) is 3.78. The lowest BCUT2D eigenvalue weighted by molar-refractivity contribution is 0.545. The Kier molecular flexibility index (Phi) is 2.81. The van der Waals surface area contributed by atoms with Gasteiger partial charge < -0.3 is 5.73 Å². The van der Waals surface area contributed by atoms with Gasteiger partial charge in [-0.05, 0) is 29.4 Å². The summed E-state index contributed by atoms with van der Waals surface area (Å²) in [6.45, 7) is 8.70. The van der Waals surface area contributed by atoms with Crippen molar-refractivity contribution in [3.8, 4) is 0 Å². The maximum atomic E-state index is 5.83. The molecule has 0 amide bonds. The first-order valence-corrected chi connectivity index (χ1v) is 5.31. The fourth-order valence-corrected chi connectivity index (χ4v) is 2.15. The van der Waals surface area contributed by atoms with E-state index >= 15 is 0 Å². The van der Waals surface area contributed by atoms with E-state index in [0.29, 0.717) is 0 Å². The van der Waals surface area contributed by atoms with E-state index in [1.54, 1.807) is 11.3 Å². The highest BCUT2D eigenvalue weighted by atomic mass is 32.1. The molecular weight excluding hydrogens is 178 g/mol. The molecule has 0 aliphatic carbocycles. The van der Waals surface area contributed by atoms with Gasteiger partial charge in [-0.25, -0.2) is 0 Å². The van der Waals surface area contributed by atoms with Crippen LogP contribution in [-0.2, 0) is 0 Å². The Labute approximate surface area is 84.3 Å². The van der Waals surface area contributed by atoms with E-state index in [1.807, 2.05) is 11.4 Å². The molecule has 0 fully saturated rings. The molecule has 1 aromatic rings. The summed E-state index contributed by atoms with van der Waals surface area (Å²) in [6, 6.07) is 1.96. The van der Waals surface area contributed by atoms with Crippen LogP contribution in [0.1, 0.15) is 32.6 Å². The third-order valence-electron chi connectivity index (χ3n) is 1.70. The largest absolute Gasteiger partial charge is 0.398 e. The highest BCUT2D eigenvalue weighted by molar-refractivity contribution is 7.11. The molecule has 2 heteroatoms. The summed E-state index contributed by atoms with van der Waals surface area (Å²) in [5.74, 6) is 0. The first kappa shape index (κ1) is 10.3. The molecule has 0 radical (unpaired) electrons. The van der Waals surface area contributed by atoms with Crippen LogP contribution in [0.25, 0.3) is 5.57 Å². The van der Waals surface area contributed by atoms with Crippen molar-refractivity contribution in [2.24, 2.45) is 5.41 Å². The molecule has 0 saturated carbocycles. The molecule has 0 unspecified atom stereocenters. The molecule has 0 aliphatic rings. The number of hydrogen-bond acceptors (Lipinski definition) is 2. The number of anilines is 1. The summed E-state index contributed by atoms with van der Waals surface area (Å²) < 4.78 is 0. The van der Waals surface area contributed by atoms with Crippen LogP contribution in [0.2, 0.25) is 0 Å². The van der Waals surface area contributed by atoms with Crippen LogP contribution in [0.15, 0.2) is 17.5 Å². The number of nitrogens with two attached hydrogens (primary N) is 1. The quantitative estimate of drug-likeness (QED) is 0.725. The van der Waals surface area contributed by atoms with E-state index in [9.17, 15) is 0 Å². The number of allylic oxidation sites excluding steroid dienone is 2. The van der Waals surface area contributed by atoms with Gasteiger partial charge in [0.1, 0.15) is 0 Å². The van der Waals surface area contributed by atoms with E-state index in [0.717, 1.165) is 5.69 Å². The minimum absolute atomic E-state index is 0.223. The zero-order chi connectivity index (χ0) is 10.1. The number of hydrogen-bond donors (Lipinski definition) is 1. The molecule has 2 N–H and O–H groups in total. The number of thiophene rings is 1. The zero-order valence-electron chi connectivity index (χ0n) is 8.72. The highest BCUT2D eigenvalue weighted by Crippen LogP contribution is 2.30. The average molecular weight is 195 g/mol. The molecule has 1 nitrogen and oxygen atoms in total. The van der Waals surface area contributed by atoms with E-state index in [-0.39, 0.29) is 5.41 Å². The van der Waals surface area contributed by atoms with Crippen LogP contribution < -0.4 is 5.73 Å². The van der Waals surface area contributed by atoms with Crippen molar-refractivity contribution in [1.29, 1.82) is 0 Å². The smallest absolute Gasteiger partial charge is 0.0526 e. The molecule has 0 aliphatic heterocycles. The lowest BCUT2D eigenvalue weighted by Gasteiger charge is -2.13. The van der Waals surface area contributed by atoms with Gasteiger partial charge >= 0.3 is 0 Å². The zero-order valence-corrected chi connectivity index (χ0v) is 9.53. The van der Waals surface area contributed by atoms with Crippen molar-refractivity contribution in [1.82, 2.24) is 0 Å². The summed E-state index contributed by atoms with van der Waals surface area (Å²) in [4.78, 5) is 1.20. The van der Waals surface area contributed by atoms with Crippen LogP contribution in [0, 0.1) is 5.41 Å². The van der Waals surface area contributed by atoms with Crippen LogP contribution in [-0.4, -0.2) is 0 Å². The predicted molar refractivity (Wildman–Crippen MR) is 61.8 cm³/mol. The minimum atomic E-state index is 0.223. The maximum Gasteiger partial charge on any atom is 0.0526 e. The van der Waals surface area contributed by atoms with Gasteiger partial charge in [0.05, 0.1) is 4.88 Å². The molecule has 0 atom stereocenters. The molecule has 0 saturated heterocycles. The molecule has 0 spiro atoms. The second-order valence-corrected chi connectivity index (χ2v) is 5.31. The van der Waals surface area contributed by atoms with Gasteiger partial charge in [-0.3, -0.25) is 0 Å². The van der Waals surface area contributed by atoms with Crippen molar-refractivity contribution < 1.29 is 0 Å². The molecular formula is C11H17NS. The molecule has 0 aromatic carbocycles. The molecule has 0 bridgehead atoms. The third-order valence-corrected chi connectivity index (χ3v) is 2.77. The first-order valence-electron chi connectivity index (χ1n) is 4.43. The molecule has 72 valence electrons. The fraction of sp³-hybridized carbons (Fsp3) is 0.455. The van der Waals surface area contributed by atoms with Gasteiger partial charge in [-0.1, -0.05) is 26.8 Å². The Morgan fingerprint density at radius 3 is 2.46 bits per heavy atom. The van der Waals surface area contributed by atoms with Gasteiger partial charge in [0.15, 0.2) is 0 Å². The van der Waals surface area contributed by atoms with E-state index in [2.05, 4.69) is 33.8 Å². The van der Waals surface area contributed by atoms with Crippen LogP contribution in [0.4, 0.5) is 5.69 Å². The van der Waals surface area contributed by atoms with E-state index in [4.69, 9.17) is 5.73 Å². The van der Waals surface area contributed by atoms with Gasteiger partial charge in [0.25, 0.3) is 0 Å². The highest BCUT2D eigenvalue weighted by Gasteiger charge is 2.09. The van der Waals surface area contributed by atoms with Crippen LogP contribution >= 0.6 is 11.3 Å². The Balaban J connectivity index is 2.98. The lowest BCUT2D eigenvalue weighted by atomic mass is 9.93. The second-order valence-electron chi connectivity index (χ2n) is 4.40. The SMILES string of the molecule is CC(=CC(C)(C)C)c1sccc1N. The first-order chi connectivity index (χ1) is 5.90. The second kappa shape index (κ2) is 3.54. The standard InChI is InChI=1S/C11H17NS/c1-8(7-11(2,3)4)10-9(12)5-6-13-10/h5-7H,12H2,1-4H3. The summed E-state index contributed by atoms with van der Waals surface area (Å²) in [6.07, 6.45) is 2.26. The lowest BCUT2D eigenvalue weighted by Crippen LogP contribution is -2.00. The minimum Gasteiger partial charge on any atom is -0.398 e. The third kappa shape index (κ3) is 2.88. The van der Waals surface area contributed by atoms with Crippen molar-refractivity contribution in [3.63, 3.8) is 0 Å². The average Bonchev–Trinajstić information content (AvgIpc) is 2.30. The van der Waals surface area contributed by atoms with Gasteiger partial charge in [0.2, 0.25) is 0 Å². The van der Waals surface area contributed by atoms with E-state index < -0.39 is 0 Å². The normalized spacial score (nSPS) is 13.4. The molecule has 1 aromatic heterocycles.